The molecule has 0 aliphatic rings. The second kappa shape index (κ2) is 6.93. The zero-order chi connectivity index (χ0) is 13.5. The van der Waals surface area contributed by atoms with E-state index < -0.39 is 0 Å². The summed E-state index contributed by atoms with van der Waals surface area (Å²) >= 11 is 1.71. The normalized spacial score (nSPS) is 10.1. The van der Waals surface area contributed by atoms with E-state index in [1.165, 1.54) is 4.88 Å². The predicted molar refractivity (Wildman–Crippen MR) is 78.2 cm³/mol. The Kier molecular flexibility index (Phi) is 4.96. The van der Waals surface area contributed by atoms with E-state index >= 15 is 0 Å². The first-order valence-electron chi connectivity index (χ1n) is 6.06. The van der Waals surface area contributed by atoms with Crippen LogP contribution in [0.1, 0.15) is 15.4 Å². The highest BCUT2D eigenvalue weighted by atomic mass is 32.1. The topological polar surface area (TPSA) is 34.1 Å². The predicted octanol–water partition coefficient (Wildman–Crippen LogP) is 2.75. The Morgan fingerprint density at radius 2 is 2.21 bits per heavy atom. The SMILES string of the molecule is C#CCOc1ccccc1CNCc1cnc(C)s1. The Bertz CT molecular complexity index is 572. The molecule has 3 nitrogen and oxygen atoms in total. The summed E-state index contributed by atoms with van der Waals surface area (Å²) in [6.07, 6.45) is 7.12. The van der Waals surface area contributed by atoms with Crippen LogP contribution >= 0.6 is 11.3 Å². The molecule has 0 aliphatic heterocycles. The van der Waals surface area contributed by atoms with Crippen LogP contribution < -0.4 is 10.1 Å². The first-order valence-corrected chi connectivity index (χ1v) is 6.87. The van der Waals surface area contributed by atoms with Gasteiger partial charge in [0, 0.05) is 29.7 Å². The molecule has 0 bridgehead atoms. The Morgan fingerprint density at radius 3 is 2.95 bits per heavy atom. The van der Waals surface area contributed by atoms with E-state index in [1.807, 2.05) is 37.4 Å². The number of rotatable bonds is 6. The van der Waals surface area contributed by atoms with Crippen LogP contribution in [-0.4, -0.2) is 11.6 Å². The second-order valence-electron chi connectivity index (χ2n) is 4.05. The molecule has 0 saturated carbocycles. The maximum Gasteiger partial charge on any atom is 0.148 e. The lowest BCUT2D eigenvalue weighted by Gasteiger charge is -2.09. The number of hydrogen-bond acceptors (Lipinski definition) is 4. The highest BCUT2D eigenvalue weighted by Crippen LogP contribution is 2.18. The molecule has 0 aliphatic carbocycles. The van der Waals surface area contributed by atoms with Gasteiger partial charge in [-0.25, -0.2) is 4.98 Å². The molecule has 0 atom stereocenters. The fourth-order valence-electron chi connectivity index (χ4n) is 1.72. The highest BCUT2D eigenvalue weighted by molar-refractivity contribution is 7.11. The summed E-state index contributed by atoms with van der Waals surface area (Å²) in [6.45, 7) is 3.87. The molecular weight excluding hydrogens is 256 g/mol. The molecule has 0 radical (unpaired) electrons. The summed E-state index contributed by atoms with van der Waals surface area (Å²) < 4.78 is 5.51. The van der Waals surface area contributed by atoms with Gasteiger partial charge in [-0.2, -0.15) is 0 Å². The van der Waals surface area contributed by atoms with Crippen molar-refractivity contribution in [2.24, 2.45) is 0 Å². The van der Waals surface area contributed by atoms with Crippen LogP contribution in [0.3, 0.4) is 0 Å². The quantitative estimate of drug-likeness (QED) is 0.821. The van der Waals surface area contributed by atoms with Crippen LogP contribution in [0, 0.1) is 19.3 Å². The summed E-state index contributed by atoms with van der Waals surface area (Å²) in [7, 11) is 0. The molecule has 1 N–H and O–H groups in total. The Labute approximate surface area is 117 Å². The molecule has 2 aromatic rings. The van der Waals surface area contributed by atoms with Crippen LogP contribution in [0.25, 0.3) is 0 Å². The lowest BCUT2D eigenvalue weighted by atomic mass is 10.2. The lowest BCUT2D eigenvalue weighted by molar-refractivity contribution is 0.365. The molecule has 0 fully saturated rings. The van der Waals surface area contributed by atoms with Gasteiger partial charge in [0.05, 0.1) is 5.01 Å². The Morgan fingerprint density at radius 1 is 1.37 bits per heavy atom. The summed E-state index contributed by atoms with van der Waals surface area (Å²) in [5.74, 6) is 3.32. The Balaban J connectivity index is 1.90. The van der Waals surface area contributed by atoms with Gasteiger partial charge >= 0.3 is 0 Å². The van der Waals surface area contributed by atoms with Crippen molar-refractivity contribution in [2.75, 3.05) is 6.61 Å². The van der Waals surface area contributed by atoms with Gasteiger partial charge in [0.25, 0.3) is 0 Å². The van der Waals surface area contributed by atoms with Gasteiger partial charge in [-0.1, -0.05) is 24.1 Å². The fourth-order valence-corrected chi connectivity index (χ4v) is 2.48. The smallest absolute Gasteiger partial charge is 0.148 e. The summed E-state index contributed by atoms with van der Waals surface area (Å²) in [5.41, 5.74) is 1.11. The van der Waals surface area contributed by atoms with E-state index in [0.717, 1.165) is 29.4 Å². The van der Waals surface area contributed by atoms with E-state index in [0.29, 0.717) is 6.61 Å². The molecule has 1 aromatic carbocycles. The Hall–Kier alpha value is -1.83. The van der Waals surface area contributed by atoms with Gasteiger partial charge in [0.2, 0.25) is 0 Å². The number of hydrogen-bond donors (Lipinski definition) is 1. The third-order valence-corrected chi connectivity index (χ3v) is 3.48. The zero-order valence-corrected chi connectivity index (χ0v) is 11.7. The molecular formula is C15H16N2OS. The minimum atomic E-state index is 0.297. The number of nitrogens with zero attached hydrogens (tertiary/aromatic N) is 1. The maximum absolute atomic E-state index is 5.51. The number of nitrogens with one attached hydrogen (secondary N) is 1. The van der Waals surface area contributed by atoms with E-state index in [1.54, 1.807) is 11.3 Å². The van der Waals surface area contributed by atoms with Gasteiger partial charge in [0.15, 0.2) is 0 Å². The monoisotopic (exact) mass is 272 g/mol. The van der Waals surface area contributed by atoms with Crippen LogP contribution in [-0.2, 0) is 13.1 Å². The van der Waals surface area contributed by atoms with Gasteiger partial charge < -0.3 is 10.1 Å². The largest absolute Gasteiger partial charge is 0.481 e. The number of aromatic nitrogens is 1. The summed E-state index contributed by atoms with van der Waals surface area (Å²) in [4.78, 5) is 5.47. The second-order valence-corrected chi connectivity index (χ2v) is 5.37. The van der Waals surface area contributed by atoms with Gasteiger partial charge in [-0.15, -0.1) is 17.8 Å². The zero-order valence-electron chi connectivity index (χ0n) is 10.8. The van der Waals surface area contributed by atoms with E-state index in [9.17, 15) is 0 Å². The fraction of sp³-hybridized carbons (Fsp3) is 0.267. The number of terminal acetylenes is 1. The van der Waals surface area contributed by atoms with Crippen LogP contribution in [0.2, 0.25) is 0 Å². The highest BCUT2D eigenvalue weighted by Gasteiger charge is 2.03. The number of para-hydroxylation sites is 1. The number of thiazole rings is 1. The van der Waals surface area contributed by atoms with Gasteiger partial charge in [0.1, 0.15) is 12.4 Å². The molecule has 19 heavy (non-hydrogen) atoms. The number of benzene rings is 1. The van der Waals surface area contributed by atoms with Crippen molar-refractivity contribution in [1.29, 1.82) is 0 Å². The van der Waals surface area contributed by atoms with Gasteiger partial charge in [-0.3, -0.25) is 0 Å². The van der Waals surface area contributed by atoms with Gasteiger partial charge in [-0.05, 0) is 13.0 Å². The molecule has 0 saturated heterocycles. The van der Waals surface area contributed by atoms with Crippen molar-refractivity contribution >= 4 is 11.3 Å². The van der Waals surface area contributed by atoms with Crippen molar-refractivity contribution in [3.63, 3.8) is 0 Å². The molecule has 0 spiro atoms. The molecule has 0 unspecified atom stereocenters. The molecule has 1 aromatic heterocycles. The molecule has 98 valence electrons. The van der Waals surface area contributed by atoms with Crippen LogP contribution in [0.5, 0.6) is 5.75 Å². The molecule has 0 amide bonds. The first kappa shape index (κ1) is 13.6. The van der Waals surface area contributed by atoms with Crippen molar-refractivity contribution in [3.8, 4) is 18.1 Å². The molecule has 4 heteroatoms. The van der Waals surface area contributed by atoms with Crippen molar-refractivity contribution in [2.45, 2.75) is 20.0 Å². The lowest BCUT2D eigenvalue weighted by Crippen LogP contribution is -2.13. The minimum absolute atomic E-state index is 0.297. The van der Waals surface area contributed by atoms with Crippen LogP contribution in [0.4, 0.5) is 0 Å². The summed E-state index contributed by atoms with van der Waals surface area (Å²) in [6, 6.07) is 7.92. The van der Waals surface area contributed by atoms with E-state index in [2.05, 4.69) is 16.2 Å². The number of ether oxygens (including phenoxy) is 1. The number of aryl methyl sites for hydroxylation is 1. The summed E-state index contributed by atoms with van der Waals surface area (Å²) in [5, 5.41) is 4.48. The van der Waals surface area contributed by atoms with Crippen LogP contribution in [0.15, 0.2) is 30.5 Å². The standard InChI is InChI=1S/C15H16N2OS/c1-3-8-18-15-7-5-4-6-13(15)9-16-10-14-11-17-12(2)19-14/h1,4-7,11,16H,8-10H2,2H3. The average Bonchev–Trinajstić information content (AvgIpc) is 2.83. The van der Waals surface area contributed by atoms with Crippen molar-refractivity contribution in [3.05, 3.63) is 45.9 Å². The third-order valence-electron chi connectivity index (χ3n) is 2.57. The first-order chi connectivity index (χ1) is 9.29. The molecule has 1 heterocycles. The molecule has 2 rings (SSSR count). The van der Waals surface area contributed by atoms with E-state index in [-0.39, 0.29) is 0 Å². The minimum Gasteiger partial charge on any atom is -0.481 e. The maximum atomic E-state index is 5.51. The van der Waals surface area contributed by atoms with Crippen molar-refractivity contribution in [1.82, 2.24) is 10.3 Å². The van der Waals surface area contributed by atoms with E-state index in [4.69, 9.17) is 11.2 Å². The third kappa shape index (κ3) is 4.09. The van der Waals surface area contributed by atoms with Crippen molar-refractivity contribution < 1.29 is 4.74 Å². The average molecular weight is 272 g/mol.